The molecule has 2 heterocycles. The van der Waals surface area contributed by atoms with Crippen LogP contribution in [0.5, 0.6) is 11.5 Å². The average molecular weight is 645 g/mol. The van der Waals surface area contributed by atoms with Crippen LogP contribution in [-0.4, -0.2) is 76.2 Å². The first-order valence-electron chi connectivity index (χ1n) is 14.0. The van der Waals surface area contributed by atoms with Crippen molar-refractivity contribution in [2.24, 2.45) is 0 Å². The third kappa shape index (κ3) is 7.78. The van der Waals surface area contributed by atoms with Gasteiger partial charge in [0.25, 0.3) is 0 Å². The number of anilines is 3. The van der Waals surface area contributed by atoms with Crippen LogP contribution in [0.2, 0.25) is 0 Å². The number of halogens is 4. The van der Waals surface area contributed by atoms with Gasteiger partial charge in [-0.15, -0.1) is 0 Å². The molecule has 2 aliphatic rings. The fourth-order valence-corrected chi connectivity index (χ4v) is 5.78. The van der Waals surface area contributed by atoms with E-state index in [2.05, 4.69) is 4.90 Å². The zero-order valence-electron chi connectivity index (χ0n) is 26.7. The molecule has 0 saturated carbocycles. The fraction of sp³-hybridized carbons (Fsp3) is 0.387. The van der Waals surface area contributed by atoms with Crippen LogP contribution >= 0.6 is 0 Å². The van der Waals surface area contributed by atoms with Gasteiger partial charge in [-0.3, -0.25) is 9.69 Å². The monoisotopic (exact) mass is 644 g/mol. The summed E-state index contributed by atoms with van der Waals surface area (Å²) in [4.78, 5) is 20.5. The van der Waals surface area contributed by atoms with Gasteiger partial charge in [0.15, 0.2) is 6.29 Å². The van der Waals surface area contributed by atoms with Crippen molar-refractivity contribution in [3.05, 3.63) is 77.6 Å². The number of fused-ring (bicyclic) bond motifs is 1. The van der Waals surface area contributed by atoms with Crippen LogP contribution in [0.25, 0.3) is 0 Å². The number of para-hydroxylation sites is 1. The predicted octanol–water partition coefficient (Wildman–Crippen LogP) is 1.65. The SMILES string of the molecule is CCOC(=O)CN1c2c(F)cccc2CN(c2cc(C(F)(F)F)ccc2OC)C1N1CCN(c2cccc(OC)c2)CC1.O.[H-].[Na+]. The molecule has 0 radical (unpaired) electrons. The number of alkyl halides is 3. The van der Waals surface area contributed by atoms with Crippen molar-refractivity contribution < 1.29 is 73.0 Å². The van der Waals surface area contributed by atoms with Gasteiger partial charge in [-0.25, -0.2) is 4.39 Å². The number of ether oxygens (including phenoxy) is 3. The standard InChI is InChI=1S/C31H34F4N4O4.Na.H2O.H/c1-4-43-28(40)20-39-29-21(7-5-10-25(29)32)19-38(26-17-22(31(33,34)35)11-12-27(26)42-3)30(39)37-15-13-36(14-16-37)23-8-6-9-24(18-23)41-2;;;/h5-12,17-18,30H,4,13-16,19-20H2,1-3H3;;1H2;/q;+1;;-1. The Balaban J connectivity index is 0.00000245. The minimum atomic E-state index is -4.59. The Morgan fingerprint density at radius 2 is 1.69 bits per heavy atom. The predicted molar refractivity (Wildman–Crippen MR) is 160 cm³/mol. The van der Waals surface area contributed by atoms with Crippen LogP contribution in [0.15, 0.2) is 60.7 Å². The molecule has 1 atom stereocenters. The minimum absolute atomic E-state index is 0. The van der Waals surface area contributed by atoms with Gasteiger partial charge in [0, 0.05) is 44.5 Å². The summed E-state index contributed by atoms with van der Waals surface area (Å²) in [6, 6.07) is 15.6. The molecule has 0 aliphatic carbocycles. The van der Waals surface area contributed by atoms with E-state index < -0.39 is 29.8 Å². The maximum Gasteiger partial charge on any atom is 1.00 e. The normalized spacial score (nSPS) is 16.7. The Kier molecular flexibility index (Phi) is 12.4. The summed E-state index contributed by atoms with van der Waals surface area (Å²) in [5.74, 6) is -0.154. The average Bonchev–Trinajstić information content (AvgIpc) is 3.00. The number of hydrogen-bond donors (Lipinski definition) is 0. The van der Waals surface area contributed by atoms with Gasteiger partial charge in [0.1, 0.15) is 23.9 Å². The van der Waals surface area contributed by atoms with E-state index in [1.165, 1.54) is 19.2 Å². The number of carbonyl (C=O) groups is 1. The van der Waals surface area contributed by atoms with Crippen molar-refractivity contribution in [1.29, 1.82) is 0 Å². The van der Waals surface area contributed by atoms with Crippen LogP contribution in [0.3, 0.4) is 0 Å². The minimum Gasteiger partial charge on any atom is -1.00 e. The number of piperazine rings is 1. The van der Waals surface area contributed by atoms with Gasteiger partial charge in [-0.05, 0) is 48.9 Å². The van der Waals surface area contributed by atoms with E-state index in [9.17, 15) is 18.0 Å². The first kappa shape index (κ1) is 36.2. The number of benzene rings is 3. The second kappa shape index (κ2) is 15.4. The Labute approximate surface area is 283 Å². The molecule has 0 amide bonds. The first-order valence-corrected chi connectivity index (χ1v) is 14.0. The van der Waals surface area contributed by atoms with E-state index in [0.717, 1.165) is 23.6 Å². The number of rotatable bonds is 8. The number of esters is 1. The number of methoxy groups -OCH3 is 2. The second-order valence-corrected chi connectivity index (χ2v) is 10.3. The quantitative estimate of drug-likeness (QED) is 0.208. The van der Waals surface area contributed by atoms with E-state index in [1.54, 1.807) is 36.0 Å². The van der Waals surface area contributed by atoms with Crippen molar-refractivity contribution in [3.8, 4) is 11.5 Å². The van der Waals surface area contributed by atoms with E-state index in [-0.39, 0.29) is 73.3 Å². The second-order valence-electron chi connectivity index (χ2n) is 10.3. The maximum absolute atomic E-state index is 15.5. The van der Waals surface area contributed by atoms with Crippen LogP contribution in [-0.2, 0) is 22.3 Å². The molecular formula is C31H37F4N4NaO5. The van der Waals surface area contributed by atoms with Gasteiger partial charge in [-0.1, -0.05) is 18.2 Å². The summed E-state index contributed by atoms with van der Waals surface area (Å²) in [5, 5.41) is 0. The summed E-state index contributed by atoms with van der Waals surface area (Å²) < 4.78 is 73.4. The summed E-state index contributed by atoms with van der Waals surface area (Å²) >= 11 is 0. The third-order valence-electron chi connectivity index (χ3n) is 7.74. The molecule has 3 aromatic carbocycles. The van der Waals surface area contributed by atoms with Gasteiger partial charge in [-0.2, -0.15) is 13.2 Å². The molecule has 240 valence electrons. The maximum atomic E-state index is 15.5. The molecule has 1 saturated heterocycles. The van der Waals surface area contributed by atoms with Crippen molar-refractivity contribution in [2.75, 3.05) is 68.2 Å². The number of hydrogen-bond acceptors (Lipinski definition) is 8. The Morgan fingerprint density at radius 3 is 2.33 bits per heavy atom. The fourth-order valence-electron chi connectivity index (χ4n) is 5.78. The van der Waals surface area contributed by atoms with Crippen molar-refractivity contribution in [3.63, 3.8) is 0 Å². The van der Waals surface area contributed by atoms with E-state index in [1.807, 2.05) is 29.2 Å². The molecule has 1 fully saturated rings. The van der Waals surface area contributed by atoms with Crippen LogP contribution in [0.1, 0.15) is 19.5 Å². The van der Waals surface area contributed by atoms with E-state index in [4.69, 9.17) is 14.2 Å². The zero-order chi connectivity index (χ0) is 30.7. The molecule has 0 spiro atoms. The molecule has 0 bridgehead atoms. The van der Waals surface area contributed by atoms with Gasteiger partial charge in [0.2, 0.25) is 0 Å². The van der Waals surface area contributed by atoms with Crippen LogP contribution < -0.4 is 53.7 Å². The molecule has 0 aromatic heterocycles. The Bertz CT molecular complexity index is 1460. The Hall–Kier alpha value is -3.23. The summed E-state index contributed by atoms with van der Waals surface area (Å²) in [6.07, 6.45) is -5.41. The largest absolute Gasteiger partial charge is 1.00 e. The molecule has 14 heteroatoms. The molecule has 1 unspecified atom stereocenters. The summed E-state index contributed by atoms with van der Waals surface area (Å²) in [5.41, 5.74) is 1.06. The van der Waals surface area contributed by atoms with Gasteiger partial charge in [0.05, 0.1) is 37.8 Å². The first-order chi connectivity index (χ1) is 20.6. The van der Waals surface area contributed by atoms with Crippen molar-refractivity contribution >= 4 is 23.0 Å². The third-order valence-corrected chi connectivity index (χ3v) is 7.74. The number of carbonyl (C=O) groups excluding carboxylic acids is 1. The van der Waals surface area contributed by atoms with Crippen molar-refractivity contribution in [2.45, 2.75) is 25.9 Å². The van der Waals surface area contributed by atoms with E-state index >= 15 is 4.39 Å². The molecule has 2 N–H and O–H groups in total. The van der Waals surface area contributed by atoms with Gasteiger partial charge < -0.3 is 35.8 Å². The summed E-state index contributed by atoms with van der Waals surface area (Å²) in [6.45, 7) is 3.70. The molecule has 45 heavy (non-hydrogen) atoms. The van der Waals surface area contributed by atoms with E-state index in [0.29, 0.717) is 31.7 Å². The zero-order valence-corrected chi connectivity index (χ0v) is 27.7. The molecule has 2 aliphatic heterocycles. The molecule has 5 rings (SSSR count). The molecule has 9 nitrogen and oxygen atoms in total. The van der Waals surface area contributed by atoms with Gasteiger partial charge >= 0.3 is 41.7 Å². The number of nitrogens with zero attached hydrogens (tertiary/aromatic N) is 4. The molecule has 3 aromatic rings. The Morgan fingerprint density at radius 1 is 0.978 bits per heavy atom. The van der Waals surface area contributed by atoms with Crippen molar-refractivity contribution in [1.82, 2.24) is 4.90 Å². The summed E-state index contributed by atoms with van der Waals surface area (Å²) in [7, 11) is 2.99. The molecular weight excluding hydrogens is 607 g/mol. The topological polar surface area (TPSA) is 89.2 Å². The smallest absolute Gasteiger partial charge is 1.00 e. The van der Waals surface area contributed by atoms with Crippen LogP contribution in [0.4, 0.5) is 34.6 Å². The van der Waals surface area contributed by atoms with Crippen LogP contribution in [0, 0.1) is 5.82 Å².